The maximum atomic E-state index is 13.3. The monoisotopic (exact) mass is 546 g/mol. The van der Waals surface area contributed by atoms with E-state index in [1.165, 1.54) is 11.1 Å². The van der Waals surface area contributed by atoms with Crippen LogP contribution in [0.25, 0.3) is 16.5 Å². The number of nitrogens with zero attached hydrogens (tertiary/aromatic N) is 3. The molecular formula is C29H24Cl2N4OS. The number of carbonyl (C=O) groups is 1. The third kappa shape index (κ3) is 5.52. The summed E-state index contributed by atoms with van der Waals surface area (Å²) in [6.07, 6.45) is 0. The van der Waals surface area contributed by atoms with Crippen LogP contribution in [-0.2, 0) is 5.75 Å². The van der Waals surface area contributed by atoms with Crippen LogP contribution in [0.2, 0.25) is 10.0 Å². The molecule has 1 N–H and O–H groups in total. The highest BCUT2D eigenvalue weighted by Gasteiger charge is 2.23. The molecule has 0 aliphatic rings. The Kier molecular flexibility index (Phi) is 7.51. The summed E-state index contributed by atoms with van der Waals surface area (Å²) in [6, 6.07) is 26.8. The highest BCUT2D eigenvalue weighted by Crippen LogP contribution is 2.32. The first-order valence-electron chi connectivity index (χ1n) is 11.8. The number of hydrogen-bond acceptors (Lipinski definition) is 4. The molecule has 5 aromatic rings. The lowest BCUT2D eigenvalue weighted by atomic mass is 10.0. The maximum absolute atomic E-state index is 13.3. The first kappa shape index (κ1) is 25.3. The molecule has 186 valence electrons. The van der Waals surface area contributed by atoms with Crippen LogP contribution in [0.15, 0.2) is 90.1 Å². The largest absolute Gasteiger partial charge is 0.342 e. The molecule has 1 unspecified atom stereocenters. The van der Waals surface area contributed by atoms with E-state index >= 15 is 0 Å². The van der Waals surface area contributed by atoms with E-state index < -0.39 is 6.04 Å². The van der Waals surface area contributed by atoms with Crippen LogP contribution < -0.4 is 5.32 Å². The zero-order valence-electron chi connectivity index (χ0n) is 20.3. The van der Waals surface area contributed by atoms with Gasteiger partial charge in [-0.05, 0) is 54.4 Å². The lowest BCUT2D eigenvalue weighted by Gasteiger charge is -2.18. The van der Waals surface area contributed by atoms with E-state index in [-0.39, 0.29) is 5.91 Å². The number of nitrogens with one attached hydrogen (secondary N) is 1. The highest BCUT2D eigenvalue weighted by molar-refractivity contribution is 7.98. The number of thioether (sulfide) groups is 1. The number of amides is 1. The molecule has 1 amide bonds. The van der Waals surface area contributed by atoms with Crippen molar-refractivity contribution in [3.8, 4) is 5.69 Å². The number of carbonyl (C=O) groups excluding carboxylic acids is 1. The summed E-state index contributed by atoms with van der Waals surface area (Å²) in [5, 5.41) is 15.6. The molecule has 0 radical (unpaired) electrons. The van der Waals surface area contributed by atoms with Gasteiger partial charge < -0.3 is 5.32 Å². The van der Waals surface area contributed by atoms with Crippen molar-refractivity contribution in [1.82, 2.24) is 20.1 Å². The fourth-order valence-electron chi connectivity index (χ4n) is 4.26. The molecule has 0 saturated heterocycles. The summed E-state index contributed by atoms with van der Waals surface area (Å²) in [4.78, 5) is 13.3. The van der Waals surface area contributed by atoms with Crippen molar-refractivity contribution >= 4 is 51.6 Å². The fourth-order valence-corrected chi connectivity index (χ4v) is 5.64. The number of aryl methyl sites for hydroxylation is 1. The van der Waals surface area contributed by atoms with Crippen LogP contribution in [0, 0.1) is 6.92 Å². The minimum absolute atomic E-state index is 0.185. The summed E-state index contributed by atoms with van der Waals surface area (Å²) in [7, 11) is 0. The number of rotatable bonds is 7. The van der Waals surface area contributed by atoms with Crippen LogP contribution in [0.1, 0.15) is 40.3 Å². The highest BCUT2D eigenvalue weighted by atomic mass is 35.5. The van der Waals surface area contributed by atoms with E-state index in [9.17, 15) is 4.79 Å². The second kappa shape index (κ2) is 11.0. The van der Waals surface area contributed by atoms with Gasteiger partial charge in [0.1, 0.15) is 0 Å². The van der Waals surface area contributed by atoms with Crippen molar-refractivity contribution in [3.05, 3.63) is 117 Å². The molecule has 0 bridgehead atoms. The van der Waals surface area contributed by atoms with E-state index in [0.29, 0.717) is 38.0 Å². The third-order valence-electron chi connectivity index (χ3n) is 6.03. The summed E-state index contributed by atoms with van der Waals surface area (Å²) >= 11 is 14.3. The molecule has 0 fully saturated rings. The first-order valence-corrected chi connectivity index (χ1v) is 13.5. The molecule has 37 heavy (non-hydrogen) atoms. The van der Waals surface area contributed by atoms with Crippen LogP contribution in [0.3, 0.4) is 0 Å². The van der Waals surface area contributed by atoms with E-state index in [0.717, 1.165) is 10.8 Å². The molecule has 0 spiro atoms. The number of benzene rings is 4. The topological polar surface area (TPSA) is 59.8 Å². The fraction of sp³-hybridized carbons (Fsp3) is 0.138. The average Bonchev–Trinajstić information content (AvgIpc) is 3.31. The summed E-state index contributed by atoms with van der Waals surface area (Å²) in [6.45, 7) is 3.96. The Hall–Kier alpha value is -3.32. The predicted molar refractivity (Wildman–Crippen MR) is 152 cm³/mol. The molecule has 1 aromatic heterocycles. The zero-order valence-corrected chi connectivity index (χ0v) is 22.6. The number of hydrogen-bond donors (Lipinski definition) is 1. The average molecular weight is 548 g/mol. The summed E-state index contributed by atoms with van der Waals surface area (Å²) in [5.74, 6) is 1.10. The number of aromatic nitrogens is 3. The second-order valence-electron chi connectivity index (χ2n) is 8.77. The van der Waals surface area contributed by atoms with Gasteiger partial charge in [0.25, 0.3) is 5.91 Å². The zero-order chi connectivity index (χ0) is 25.9. The molecule has 8 heteroatoms. The van der Waals surface area contributed by atoms with Gasteiger partial charge in [0.2, 0.25) is 0 Å². The van der Waals surface area contributed by atoms with Crippen molar-refractivity contribution in [2.24, 2.45) is 0 Å². The lowest BCUT2D eigenvalue weighted by molar-refractivity contribution is 0.0939. The van der Waals surface area contributed by atoms with Crippen LogP contribution >= 0.6 is 35.0 Å². The maximum Gasteiger partial charge on any atom is 0.252 e. The van der Waals surface area contributed by atoms with Gasteiger partial charge in [-0.2, -0.15) is 0 Å². The Bertz CT molecular complexity index is 1600. The molecule has 4 aromatic carbocycles. The number of halogens is 2. The summed E-state index contributed by atoms with van der Waals surface area (Å²) < 4.78 is 1.90. The molecule has 0 saturated carbocycles. The van der Waals surface area contributed by atoms with Gasteiger partial charge >= 0.3 is 0 Å². The molecule has 1 heterocycles. The Morgan fingerprint density at radius 2 is 1.76 bits per heavy atom. The van der Waals surface area contributed by atoms with Gasteiger partial charge in [-0.15, -0.1) is 10.2 Å². The van der Waals surface area contributed by atoms with Crippen molar-refractivity contribution in [1.29, 1.82) is 0 Å². The van der Waals surface area contributed by atoms with Gasteiger partial charge in [-0.1, -0.05) is 101 Å². The Labute approximate surface area is 229 Å². The predicted octanol–water partition coefficient (Wildman–Crippen LogP) is 7.82. The van der Waals surface area contributed by atoms with Crippen LogP contribution in [0.4, 0.5) is 0 Å². The molecule has 5 rings (SSSR count). The Morgan fingerprint density at radius 1 is 0.973 bits per heavy atom. The van der Waals surface area contributed by atoms with Crippen molar-refractivity contribution in [2.45, 2.75) is 30.8 Å². The van der Waals surface area contributed by atoms with E-state index in [1.807, 2.05) is 66.1 Å². The minimum Gasteiger partial charge on any atom is -0.342 e. The van der Waals surface area contributed by atoms with Gasteiger partial charge in [-0.25, -0.2) is 0 Å². The smallest absolute Gasteiger partial charge is 0.252 e. The Morgan fingerprint density at radius 3 is 2.57 bits per heavy atom. The molecule has 0 aliphatic heterocycles. The first-order chi connectivity index (χ1) is 17.9. The second-order valence-corrected chi connectivity index (χ2v) is 10.6. The third-order valence-corrected chi connectivity index (χ3v) is 7.57. The SMILES string of the molecule is Cc1cccc(CSc2nnc(C(C)NC(=O)c3cccc4ccccc34)n2-c2ccc(Cl)cc2Cl)c1. The van der Waals surface area contributed by atoms with Crippen molar-refractivity contribution < 1.29 is 4.79 Å². The standard InChI is InChI=1S/C29H24Cl2N4OS/c1-18-7-5-8-20(15-18)17-37-29-34-33-27(35(29)26-14-13-22(30)16-25(26)31)19(2)32-28(36)24-12-6-10-21-9-3-4-11-23(21)24/h3-16,19H,17H2,1-2H3,(H,32,36). The van der Waals surface area contributed by atoms with E-state index in [2.05, 4.69) is 40.6 Å². The molecule has 1 atom stereocenters. The van der Waals surface area contributed by atoms with E-state index in [4.69, 9.17) is 23.2 Å². The summed E-state index contributed by atoms with van der Waals surface area (Å²) in [5.41, 5.74) is 3.69. The van der Waals surface area contributed by atoms with E-state index in [1.54, 1.807) is 23.9 Å². The van der Waals surface area contributed by atoms with Gasteiger partial charge in [0.05, 0.1) is 16.8 Å². The van der Waals surface area contributed by atoms with Crippen molar-refractivity contribution in [2.75, 3.05) is 0 Å². The number of fused-ring (bicyclic) bond motifs is 1. The minimum atomic E-state index is -0.445. The van der Waals surface area contributed by atoms with Gasteiger partial charge in [-0.3, -0.25) is 9.36 Å². The quantitative estimate of drug-likeness (QED) is 0.211. The lowest BCUT2D eigenvalue weighted by Crippen LogP contribution is -2.28. The molecular weight excluding hydrogens is 523 g/mol. The van der Waals surface area contributed by atoms with Gasteiger partial charge in [0.15, 0.2) is 11.0 Å². The Balaban J connectivity index is 1.48. The normalized spacial score (nSPS) is 12.0. The van der Waals surface area contributed by atoms with Crippen LogP contribution in [0.5, 0.6) is 0 Å². The molecule has 0 aliphatic carbocycles. The van der Waals surface area contributed by atoms with Crippen LogP contribution in [-0.4, -0.2) is 20.7 Å². The molecule has 5 nitrogen and oxygen atoms in total. The van der Waals surface area contributed by atoms with Crippen molar-refractivity contribution in [3.63, 3.8) is 0 Å². The van der Waals surface area contributed by atoms with Gasteiger partial charge in [0, 0.05) is 16.3 Å².